The molecule has 6 nitrogen and oxygen atoms in total. The van der Waals surface area contributed by atoms with Gasteiger partial charge in [-0.3, -0.25) is 9.59 Å². The van der Waals surface area contributed by atoms with Crippen molar-refractivity contribution in [2.24, 2.45) is 5.92 Å². The maximum Gasteiger partial charge on any atom is 0.258 e. The Hall–Kier alpha value is -2.50. The summed E-state index contributed by atoms with van der Waals surface area (Å²) in [6.45, 7) is 7.03. The summed E-state index contributed by atoms with van der Waals surface area (Å²) >= 11 is 0. The Labute approximate surface area is 141 Å². The molecule has 24 heavy (non-hydrogen) atoms. The third-order valence-electron chi connectivity index (χ3n) is 3.72. The SMILES string of the molecule is Cc1c(OCC(=O)NCc2ccco2)c(=O)ccn1CCC(C)C. The highest BCUT2D eigenvalue weighted by Crippen LogP contribution is 2.13. The van der Waals surface area contributed by atoms with E-state index in [0.717, 1.165) is 18.7 Å². The molecule has 2 rings (SSSR count). The number of aryl methyl sites for hydroxylation is 1. The number of nitrogens with zero attached hydrogens (tertiary/aromatic N) is 1. The maximum absolute atomic E-state index is 12.0. The van der Waals surface area contributed by atoms with Gasteiger partial charge in [-0.25, -0.2) is 0 Å². The highest BCUT2D eigenvalue weighted by Gasteiger charge is 2.11. The van der Waals surface area contributed by atoms with Crippen molar-refractivity contribution in [3.05, 3.63) is 52.3 Å². The first-order chi connectivity index (χ1) is 11.5. The van der Waals surface area contributed by atoms with Crippen LogP contribution in [0.4, 0.5) is 0 Å². The Morgan fingerprint density at radius 2 is 2.17 bits per heavy atom. The van der Waals surface area contributed by atoms with Crippen molar-refractivity contribution in [1.82, 2.24) is 9.88 Å². The van der Waals surface area contributed by atoms with Crippen LogP contribution in [0.1, 0.15) is 31.7 Å². The Balaban J connectivity index is 1.94. The van der Waals surface area contributed by atoms with E-state index in [2.05, 4.69) is 19.2 Å². The zero-order chi connectivity index (χ0) is 17.5. The minimum atomic E-state index is -0.303. The standard InChI is InChI=1S/C18H24N2O4/c1-13(2)6-8-20-9-7-16(21)18(14(20)3)24-12-17(22)19-11-15-5-4-10-23-15/h4-5,7,9-10,13H,6,8,11-12H2,1-3H3,(H,19,22). The first-order valence-corrected chi connectivity index (χ1v) is 8.09. The van der Waals surface area contributed by atoms with Gasteiger partial charge in [-0.1, -0.05) is 13.8 Å². The minimum absolute atomic E-state index is 0.203. The second kappa shape index (κ2) is 8.38. The average molecular weight is 332 g/mol. The first kappa shape index (κ1) is 17.8. The van der Waals surface area contributed by atoms with Crippen LogP contribution in [0.2, 0.25) is 0 Å². The smallest absolute Gasteiger partial charge is 0.258 e. The van der Waals surface area contributed by atoms with Gasteiger partial charge in [-0.2, -0.15) is 0 Å². The number of aromatic nitrogens is 1. The predicted octanol–water partition coefficient (Wildman–Crippen LogP) is 2.49. The normalized spacial score (nSPS) is 10.8. The van der Waals surface area contributed by atoms with Gasteiger partial charge in [0.15, 0.2) is 12.4 Å². The molecule has 0 aliphatic carbocycles. The fourth-order valence-electron chi connectivity index (χ4n) is 2.26. The fraction of sp³-hybridized carbons (Fsp3) is 0.444. The Bertz CT molecular complexity index is 717. The molecular formula is C18H24N2O4. The Kier molecular flexibility index (Phi) is 6.23. The number of ether oxygens (including phenoxy) is 1. The van der Waals surface area contributed by atoms with E-state index in [-0.39, 0.29) is 23.7 Å². The third kappa shape index (κ3) is 5.01. The van der Waals surface area contributed by atoms with Gasteiger partial charge in [0.1, 0.15) is 5.76 Å². The van der Waals surface area contributed by atoms with Crippen molar-refractivity contribution in [1.29, 1.82) is 0 Å². The molecule has 2 aromatic rings. The van der Waals surface area contributed by atoms with Crippen LogP contribution in [-0.4, -0.2) is 17.1 Å². The van der Waals surface area contributed by atoms with Gasteiger partial charge in [-0.05, 0) is 31.4 Å². The van der Waals surface area contributed by atoms with Crippen molar-refractivity contribution < 1.29 is 13.9 Å². The lowest BCUT2D eigenvalue weighted by Gasteiger charge is -2.15. The van der Waals surface area contributed by atoms with E-state index in [1.165, 1.54) is 6.07 Å². The molecule has 0 unspecified atom stereocenters. The van der Waals surface area contributed by atoms with E-state index < -0.39 is 0 Å². The second-order valence-corrected chi connectivity index (χ2v) is 6.12. The molecule has 1 N–H and O–H groups in total. The number of amides is 1. The maximum atomic E-state index is 12.0. The van der Waals surface area contributed by atoms with Gasteiger partial charge >= 0.3 is 0 Å². The van der Waals surface area contributed by atoms with E-state index in [1.807, 2.05) is 11.5 Å². The molecule has 1 amide bonds. The molecular weight excluding hydrogens is 308 g/mol. The summed E-state index contributed by atoms with van der Waals surface area (Å²) in [6.07, 6.45) is 4.32. The van der Waals surface area contributed by atoms with Crippen molar-refractivity contribution in [2.75, 3.05) is 6.61 Å². The number of rotatable bonds is 8. The summed E-state index contributed by atoms with van der Waals surface area (Å²) in [7, 11) is 0. The monoisotopic (exact) mass is 332 g/mol. The summed E-state index contributed by atoms with van der Waals surface area (Å²) < 4.78 is 12.6. The van der Waals surface area contributed by atoms with Gasteiger partial charge in [0.25, 0.3) is 5.91 Å². The third-order valence-corrected chi connectivity index (χ3v) is 3.72. The van der Waals surface area contributed by atoms with Crippen LogP contribution in [0.3, 0.4) is 0 Å². The zero-order valence-electron chi connectivity index (χ0n) is 14.4. The molecule has 0 aliphatic rings. The molecule has 0 aromatic carbocycles. The summed E-state index contributed by atoms with van der Waals surface area (Å²) in [4.78, 5) is 23.8. The van der Waals surface area contributed by atoms with Crippen molar-refractivity contribution in [3.8, 4) is 5.75 Å². The highest BCUT2D eigenvalue weighted by atomic mass is 16.5. The van der Waals surface area contributed by atoms with Crippen LogP contribution in [0.15, 0.2) is 39.9 Å². The molecule has 0 fully saturated rings. The van der Waals surface area contributed by atoms with Gasteiger partial charge in [0.05, 0.1) is 18.5 Å². The topological polar surface area (TPSA) is 73.5 Å². The van der Waals surface area contributed by atoms with Crippen molar-refractivity contribution >= 4 is 5.91 Å². The van der Waals surface area contributed by atoms with Crippen LogP contribution in [0.5, 0.6) is 5.75 Å². The predicted molar refractivity (Wildman–Crippen MR) is 90.9 cm³/mol. The van der Waals surface area contributed by atoms with E-state index >= 15 is 0 Å². The van der Waals surface area contributed by atoms with Gasteiger partial charge in [-0.15, -0.1) is 0 Å². The molecule has 0 atom stereocenters. The van der Waals surface area contributed by atoms with E-state index in [1.54, 1.807) is 24.6 Å². The Morgan fingerprint density at radius 1 is 1.38 bits per heavy atom. The van der Waals surface area contributed by atoms with Crippen LogP contribution in [-0.2, 0) is 17.9 Å². The van der Waals surface area contributed by atoms with E-state index in [9.17, 15) is 9.59 Å². The molecule has 0 aliphatic heterocycles. The molecule has 2 heterocycles. The molecule has 0 radical (unpaired) electrons. The lowest BCUT2D eigenvalue weighted by Crippen LogP contribution is -2.29. The molecule has 0 saturated carbocycles. The molecule has 0 bridgehead atoms. The van der Waals surface area contributed by atoms with Crippen molar-refractivity contribution in [3.63, 3.8) is 0 Å². The van der Waals surface area contributed by atoms with E-state index in [0.29, 0.717) is 18.2 Å². The largest absolute Gasteiger partial charge is 0.478 e. The molecule has 2 aromatic heterocycles. The Morgan fingerprint density at radius 3 is 2.83 bits per heavy atom. The number of nitrogens with one attached hydrogen (secondary N) is 1. The molecule has 0 saturated heterocycles. The number of carbonyl (C=O) groups is 1. The fourth-order valence-corrected chi connectivity index (χ4v) is 2.26. The van der Waals surface area contributed by atoms with Crippen molar-refractivity contribution in [2.45, 2.75) is 40.3 Å². The van der Waals surface area contributed by atoms with Crippen LogP contribution < -0.4 is 15.5 Å². The minimum Gasteiger partial charge on any atom is -0.478 e. The second-order valence-electron chi connectivity index (χ2n) is 6.12. The first-order valence-electron chi connectivity index (χ1n) is 8.09. The summed E-state index contributed by atoms with van der Waals surface area (Å²) in [6, 6.07) is 5.00. The number of hydrogen-bond donors (Lipinski definition) is 1. The lowest BCUT2D eigenvalue weighted by molar-refractivity contribution is -0.123. The summed E-state index contributed by atoms with van der Waals surface area (Å²) in [5.41, 5.74) is 0.522. The number of hydrogen-bond acceptors (Lipinski definition) is 4. The zero-order valence-corrected chi connectivity index (χ0v) is 14.4. The molecule has 0 spiro atoms. The number of carbonyl (C=O) groups excluding carboxylic acids is 1. The summed E-state index contributed by atoms with van der Waals surface area (Å²) in [5, 5.41) is 2.68. The average Bonchev–Trinajstić information content (AvgIpc) is 3.05. The van der Waals surface area contributed by atoms with Crippen LogP contribution in [0, 0.1) is 12.8 Å². The van der Waals surface area contributed by atoms with Gasteiger partial charge in [0.2, 0.25) is 5.43 Å². The lowest BCUT2D eigenvalue weighted by atomic mass is 10.1. The van der Waals surface area contributed by atoms with E-state index in [4.69, 9.17) is 9.15 Å². The van der Waals surface area contributed by atoms with Gasteiger partial charge in [0, 0.05) is 18.8 Å². The molecule has 130 valence electrons. The summed E-state index contributed by atoms with van der Waals surface area (Å²) in [5.74, 6) is 1.16. The quantitative estimate of drug-likeness (QED) is 0.806. The van der Waals surface area contributed by atoms with Crippen LogP contribution in [0.25, 0.3) is 0 Å². The number of pyridine rings is 1. The highest BCUT2D eigenvalue weighted by molar-refractivity contribution is 5.77. The molecule has 6 heteroatoms. The van der Waals surface area contributed by atoms with Gasteiger partial charge < -0.3 is 19.0 Å². The van der Waals surface area contributed by atoms with Crippen LogP contribution >= 0.6 is 0 Å². The number of furan rings is 1.